The largest absolute Gasteiger partial charge is 0.494 e. The zero-order valence-electron chi connectivity index (χ0n) is 23.7. The smallest absolute Gasteiger partial charge is 0.472 e. The molecule has 4 N–H and O–H groups in total. The Labute approximate surface area is 233 Å². The molecule has 1 amide bonds. The van der Waals surface area contributed by atoms with Crippen LogP contribution in [0.3, 0.4) is 0 Å². The minimum atomic E-state index is -4.56. The number of hydrogen-bond acceptors (Lipinski definition) is 7. The summed E-state index contributed by atoms with van der Waals surface area (Å²) in [6.07, 6.45) is 10.8. The molecule has 0 saturated carbocycles. The molecule has 0 bridgehead atoms. The van der Waals surface area contributed by atoms with Gasteiger partial charge >= 0.3 is 13.8 Å². The molecule has 39 heavy (non-hydrogen) atoms. The minimum absolute atomic E-state index is 0.179. The minimum Gasteiger partial charge on any atom is -0.494 e. The summed E-state index contributed by atoms with van der Waals surface area (Å²) >= 11 is 0. The summed E-state index contributed by atoms with van der Waals surface area (Å²) in [5, 5.41) is 21.5. The van der Waals surface area contributed by atoms with E-state index >= 15 is 0 Å². The summed E-state index contributed by atoms with van der Waals surface area (Å²) in [7, 11) is -4.56. The van der Waals surface area contributed by atoms with E-state index in [1.54, 1.807) is 0 Å². The summed E-state index contributed by atoms with van der Waals surface area (Å²) in [5.41, 5.74) is -0.423. The second-order valence-electron chi connectivity index (χ2n) is 10.5. The quantitative estimate of drug-likeness (QED) is 0.102. The average molecular weight is 574 g/mol. The van der Waals surface area contributed by atoms with E-state index in [-0.39, 0.29) is 18.9 Å². The van der Waals surface area contributed by atoms with Crippen LogP contribution in [0, 0.1) is 5.41 Å². The number of phosphoric ester groups is 1. The molecule has 1 aromatic rings. The van der Waals surface area contributed by atoms with Gasteiger partial charge < -0.3 is 25.2 Å². The zero-order valence-corrected chi connectivity index (χ0v) is 24.6. The van der Waals surface area contributed by atoms with Crippen molar-refractivity contribution in [2.75, 3.05) is 26.4 Å². The molecule has 0 aliphatic rings. The molecule has 10 nitrogen and oxygen atoms in total. The maximum absolute atomic E-state index is 12.2. The highest BCUT2D eigenvalue weighted by Crippen LogP contribution is 2.44. The van der Waals surface area contributed by atoms with Gasteiger partial charge in [-0.2, -0.15) is 0 Å². The Kier molecular flexibility index (Phi) is 17.2. The third kappa shape index (κ3) is 17.4. The first-order chi connectivity index (χ1) is 18.4. The van der Waals surface area contributed by atoms with E-state index in [1.807, 2.05) is 24.3 Å². The van der Waals surface area contributed by atoms with Gasteiger partial charge in [-0.1, -0.05) is 70.4 Å². The molecule has 2 atom stereocenters. The van der Waals surface area contributed by atoms with Crippen LogP contribution in [0.15, 0.2) is 24.3 Å². The Hall–Kier alpha value is -1.97. The molecule has 0 radical (unpaired) electrons. The number of carbonyl (C=O) groups excluding carboxylic acids is 1. The van der Waals surface area contributed by atoms with Crippen molar-refractivity contribution in [2.24, 2.45) is 5.41 Å². The number of rotatable bonds is 23. The van der Waals surface area contributed by atoms with E-state index < -0.39 is 38.5 Å². The molecule has 0 spiro atoms. The van der Waals surface area contributed by atoms with Crippen molar-refractivity contribution in [1.82, 2.24) is 5.32 Å². The Morgan fingerprint density at radius 2 is 1.67 bits per heavy atom. The van der Waals surface area contributed by atoms with Crippen molar-refractivity contribution in [3.63, 3.8) is 0 Å². The molecule has 1 aromatic carbocycles. The highest BCUT2D eigenvalue weighted by molar-refractivity contribution is 7.47. The lowest BCUT2D eigenvalue weighted by molar-refractivity contribution is -0.148. The lowest BCUT2D eigenvalue weighted by Crippen LogP contribution is -2.34. The first-order valence-corrected chi connectivity index (χ1v) is 15.5. The standard InChI is InChI=1S/C28H48NO9P/c1-4-5-6-7-8-9-10-11-12-18-36-25-15-13-14-23(19-25)16-17-26(31)29-20-24(30)21-37-39(34,35)38-22-28(2,3)27(32)33/h13-15,19,24,30H,4-12,16-18,20-22H2,1-3H3,(H,29,31)(H,32,33)(H,34,35)/t24-/m1/s1. The van der Waals surface area contributed by atoms with Gasteiger partial charge in [0.15, 0.2) is 0 Å². The number of carboxylic acids is 1. The first kappa shape index (κ1) is 35.1. The fraction of sp³-hybridized carbons (Fsp3) is 0.714. The summed E-state index contributed by atoms with van der Waals surface area (Å²) in [4.78, 5) is 32.9. The number of unbranched alkanes of at least 4 members (excludes halogenated alkanes) is 8. The van der Waals surface area contributed by atoms with Crippen LogP contribution >= 0.6 is 7.82 Å². The lowest BCUT2D eigenvalue weighted by Gasteiger charge is -2.21. The van der Waals surface area contributed by atoms with E-state index in [1.165, 1.54) is 58.8 Å². The molecular formula is C28H48NO9P. The lowest BCUT2D eigenvalue weighted by atomic mass is 9.96. The third-order valence-electron chi connectivity index (χ3n) is 6.19. The Bertz CT molecular complexity index is 894. The van der Waals surface area contributed by atoms with Crippen molar-refractivity contribution in [2.45, 2.75) is 97.5 Å². The number of aliphatic hydroxyl groups is 1. The number of nitrogens with one attached hydrogen (secondary N) is 1. The van der Waals surface area contributed by atoms with Crippen molar-refractivity contribution in [3.8, 4) is 5.75 Å². The number of aryl methyl sites for hydroxylation is 1. The number of benzene rings is 1. The normalized spacial score (nSPS) is 14.0. The maximum atomic E-state index is 12.2. The van der Waals surface area contributed by atoms with E-state index in [2.05, 4.69) is 16.8 Å². The Balaban J connectivity index is 2.22. The number of aliphatic carboxylic acids is 1. The number of carbonyl (C=O) groups is 2. The number of phosphoric acid groups is 1. The van der Waals surface area contributed by atoms with E-state index in [4.69, 9.17) is 14.4 Å². The van der Waals surface area contributed by atoms with Gasteiger partial charge in [-0.25, -0.2) is 4.57 Å². The second kappa shape index (κ2) is 19.2. The topological polar surface area (TPSA) is 152 Å². The highest BCUT2D eigenvalue weighted by atomic mass is 31.2. The molecule has 0 aromatic heterocycles. The zero-order chi connectivity index (χ0) is 29.2. The predicted molar refractivity (Wildman–Crippen MR) is 150 cm³/mol. The third-order valence-corrected chi connectivity index (χ3v) is 7.12. The van der Waals surface area contributed by atoms with Gasteiger partial charge in [0, 0.05) is 13.0 Å². The molecule has 224 valence electrons. The molecule has 0 aliphatic heterocycles. The van der Waals surface area contributed by atoms with Crippen LogP contribution < -0.4 is 10.1 Å². The van der Waals surface area contributed by atoms with E-state index in [9.17, 15) is 24.2 Å². The monoisotopic (exact) mass is 573 g/mol. The second-order valence-corrected chi connectivity index (χ2v) is 12.0. The van der Waals surface area contributed by atoms with Gasteiger partial charge in [0.05, 0.1) is 31.3 Å². The summed E-state index contributed by atoms with van der Waals surface area (Å²) in [5.74, 6) is -0.706. The van der Waals surface area contributed by atoms with Gasteiger partial charge in [0.25, 0.3) is 0 Å². The van der Waals surface area contributed by atoms with Crippen LogP contribution in [-0.2, 0) is 29.6 Å². The van der Waals surface area contributed by atoms with Crippen molar-refractivity contribution < 1.29 is 43.0 Å². The SMILES string of the molecule is CCCCCCCCCCCOc1cccc(CCC(=O)NC[C@@H](O)COP(=O)(O)OCC(C)(C)C(=O)O)c1. The van der Waals surface area contributed by atoms with Crippen molar-refractivity contribution in [3.05, 3.63) is 29.8 Å². The predicted octanol–water partition coefficient (Wildman–Crippen LogP) is 5.25. The van der Waals surface area contributed by atoms with E-state index in [0.29, 0.717) is 13.0 Å². The fourth-order valence-electron chi connectivity index (χ4n) is 3.55. The molecule has 0 heterocycles. The van der Waals surface area contributed by atoms with Gasteiger partial charge in [0.1, 0.15) is 5.75 Å². The molecular weight excluding hydrogens is 525 g/mol. The number of aliphatic hydroxyl groups excluding tert-OH is 1. The van der Waals surface area contributed by atoms with Gasteiger partial charge in [0.2, 0.25) is 5.91 Å². The highest BCUT2D eigenvalue weighted by Gasteiger charge is 2.33. The molecule has 0 aliphatic carbocycles. The van der Waals surface area contributed by atoms with Gasteiger partial charge in [-0.3, -0.25) is 18.6 Å². The van der Waals surface area contributed by atoms with E-state index in [0.717, 1.165) is 24.2 Å². The van der Waals surface area contributed by atoms with Crippen LogP contribution in [0.4, 0.5) is 0 Å². The van der Waals surface area contributed by atoms with Gasteiger partial charge in [-0.15, -0.1) is 0 Å². The van der Waals surface area contributed by atoms with Crippen LogP contribution in [0.25, 0.3) is 0 Å². The Morgan fingerprint density at radius 3 is 2.31 bits per heavy atom. The molecule has 11 heteroatoms. The average Bonchev–Trinajstić information content (AvgIpc) is 2.90. The Morgan fingerprint density at radius 1 is 1.03 bits per heavy atom. The fourth-order valence-corrected chi connectivity index (χ4v) is 4.47. The number of ether oxygens (including phenoxy) is 1. The molecule has 0 saturated heterocycles. The maximum Gasteiger partial charge on any atom is 0.472 e. The van der Waals surface area contributed by atoms with Crippen molar-refractivity contribution in [1.29, 1.82) is 0 Å². The number of carboxylic acid groups (broad SMARTS) is 1. The molecule has 1 unspecified atom stereocenters. The molecule has 0 fully saturated rings. The van der Waals surface area contributed by atoms with Crippen LogP contribution in [0.2, 0.25) is 0 Å². The van der Waals surface area contributed by atoms with Crippen LogP contribution in [0.1, 0.15) is 90.5 Å². The van der Waals surface area contributed by atoms with Crippen molar-refractivity contribution >= 4 is 19.7 Å². The summed E-state index contributed by atoms with van der Waals surface area (Å²) < 4.78 is 27.1. The van der Waals surface area contributed by atoms with Crippen LogP contribution in [0.5, 0.6) is 5.75 Å². The molecule has 1 rings (SSSR count). The van der Waals surface area contributed by atoms with Crippen LogP contribution in [-0.4, -0.2) is 59.5 Å². The first-order valence-electron chi connectivity index (χ1n) is 14.0. The summed E-state index contributed by atoms with van der Waals surface area (Å²) in [6, 6.07) is 7.65. The van der Waals surface area contributed by atoms with Gasteiger partial charge in [-0.05, 0) is 44.4 Å². The number of hydrogen-bond donors (Lipinski definition) is 4. The number of amides is 1. The summed E-state index contributed by atoms with van der Waals surface area (Å²) in [6.45, 7) is 4.27.